The van der Waals surface area contributed by atoms with Crippen LogP contribution < -0.4 is 15.0 Å². The highest BCUT2D eigenvalue weighted by atomic mass is 79.9. The molecule has 28 heavy (non-hydrogen) atoms. The number of anilines is 1. The standard InChI is InChI=1S/C19H11BrN4O2S2/c1-2-7-23-12-6-5-10(20)9-11(12)14(17(23)25)15-18(26)24-19(28-15)21-16(22-24)13-4-3-8-27-13/h2-6,8-9H,1,7H2. The van der Waals surface area contributed by atoms with Gasteiger partial charge >= 0.3 is 0 Å². The largest absolute Gasteiger partial charge is 0.304 e. The summed E-state index contributed by atoms with van der Waals surface area (Å²) >= 11 is 6.15. The summed E-state index contributed by atoms with van der Waals surface area (Å²) in [5.74, 6) is 0.303. The summed E-state index contributed by atoms with van der Waals surface area (Å²) in [5.41, 5.74) is 1.55. The van der Waals surface area contributed by atoms with Crippen LogP contribution in [0.1, 0.15) is 5.56 Å². The number of hydrogen-bond acceptors (Lipinski definition) is 6. The molecule has 6 nitrogen and oxygen atoms in total. The molecule has 1 aliphatic rings. The SMILES string of the molecule is C=CCN1C(=O)C(=c2sc3nc(-c4cccs4)nn3c2=O)c2cc(Br)ccc21. The molecule has 0 N–H and O–H groups in total. The summed E-state index contributed by atoms with van der Waals surface area (Å²) in [4.78, 5) is 33.6. The van der Waals surface area contributed by atoms with Crippen molar-refractivity contribution in [3.8, 4) is 10.7 Å². The highest BCUT2D eigenvalue weighted by Gasteiger charge is 2.34. The first-order valence-corrected chi connectivity index (χ1v) is 10.8. The molecule has 4 aromatic rings. The van der Waals surface area contributed by atoms with Gasteiger partial charge in [0.05, 0.1) is 16.1 Å². The van der Waals surface area contributed by atoms with Crippen molar-refractivity contribution < 1.29 is 4.79 Å². The van der Waals surface area contributed by atoms with Crippen molar-refractivity contribution in [3.63, 3.8) is 0 Å². The van der Waals surface area contributed by atoms with E-state index in [4.69, 9.17) is 0 Å². The Morgan fingerprint density at radius 3 is 2.82 bits per heavy atom. The number of hydrogen-bond donors (Lipinski definition) is 0. The lowest BCUT2D eigenvalue weighted by Crippen LogP contribution is -2.32. The molecule has 0 fully saturated rings. The molecule has 0 radical (unpaired) electrons. The minimum atomic E-state index is -0.329. The van der Waals surface area contributed by atoms with Crippen LogP contribution in [0, 0.1) is 0 Å². The Labute approximate surface area is 175 Å². The molecule has 0 atom stereocenters. The number of aromatic nitrogens is 3. The quantitative estimate of drug-likeness (QED) is 0.431. The third kappa shape index (κ3) is 2.50. The number of carbonyl (C=O) groups excluding carboxylic acids is 1. The van der Waals surface area contributed by atoms with Crippen molar-refractivity contribution in [2.75, 3.05) is 11.4 Å². The van der Waals surface area contributed by atoms with Gasteiger partial charge in [-0.2, -0.15) is 9.50 Å². The van der Waals surface area contributed by atoms with Crippen molar-refractivity contribution in [1.82, 2.24) is 14.6 Å². The number of thiophene rings is 1. The molecule has 1 aliphatic heterocycles. The van der Waals surface area contributed by atoms with Crippen molar-refractivity contribution in [1.29, 1.82) is 0 Å². The summed E-state index contributed by atoms with van der Waals surface area (Å²) in [6.07, 6.45) is 1.67. The van der Waals surface area contributed by atoms with E-state index in [9.17, 15) is 9.59 Å². The van der Waals surface area contributed by atoms with E-state index in [0.29, 0.717) is 27.4 Å². The van der Waals surface area contributed by atoms with E-state index in [1.54, 1.807) is 11.0 Å². The molecule has 0 spiro atoms. The Balaban J connectivity index is 1.78. The van der Waals surface area contributed by atoms with E-state index in [1.165, 1.54) is 27.2 Å². The van der Waals surface area contributed by atoms with E-state index in [1.807, 2.05) is 35.7 Å². The van der Waals surface area contributed by atoms with Gasteiger partial charge in [0, 0.05) is 16.6 Å². The van der Waals surface area contributed by atoms with Crippen LogP contribution in [0.25, 0.3) is 21.2 Å². The van der Waals surface area contributed by atoms with Gasteiger partial charge in [0.1, 0.15) is 4.53 Å². The molecule has 0 saturated carbocycles. The minimum absolute atomic E-state index is 0.215. The maximum Gasteiger partial charge on any atom is 0.291 e. The van der Waals surface area contributed by atoms with E-state index in [2.05, 4.69) is 32.6 Å². The maximum atomic E-state index is 13.1. The lowest BCUT2D eigenvalue weighted by atomic mass is 10.1. The molecule has 1 aromatic carbocycles. The van der Waals surface area contributed by atoms with Crippen LogP contribution in [0.5, 0.6) is 0 Å². The Bertz CT molecular complexity index is 1370. The molecule has 138 valence electrons. The van der Waals surface area contributed by atoms with E-state index in [0.717, 1.165) is 20.6 Å². The van der Waals surface area contributed by atoms with Crippen molar-refractivity contribution >= 4 is 60.7 Å². The Hall–Kier alpha value is -2.62. The third-order valence-corrected chi connectivity index (χ3v) is 6.80. The Kier molecular flexibility index (Phi) is 4.04. The van der Waals surface area contributed by atoms with Crippen LogP contribution in [-0.2, 0) is 4.79 Å². The second-order valence-electron chi connectivity index (χ2n) is 6.08. The Morgan fingerprint density at radius 1 is 1.25 bits per heavy atom. The minimum Gasteiger partial charge on any atom is -0.304 e. The Morgan fingerprint density at radius 2 is 2.11 bits per heavy atom. The number of benzene rings is 1. The zero-order chi connectivity index (χ0) is 19.4. The van der Waals surface area contributed by atoms with Gasteiger partial charge in [-0.05, 0) is 29.6 Å². The zero-order valence-electron chi connectivity index (χ0n) is 14.3. The van der Waals surface area contributed by atoms with Crippen LogP contribution in [0.15, 0.2) is 57.6 Å². The first kappa shape index (κ1) is 17.5. The number of amides is 1. The zero-order valence-corrected chi connectivity index (χ0v) is 17.5. The summed E-state index contributed by atoms with van der Waals surface area (Å²) in [6.45, 7) is 4.10. The van der Waals surface area contributed by atoms with Gasteiger partial charge in [-0.3, -0.25) is 9.59 Å². The monoisotopic (exact) mass is 470 g/mol. The second-order valence-corrected chi connectivity index (χ2v) is 8.93. The summed E-state index contributed by atoms with van der Waals surface area (Å²) < 4.78 is 2.47. The maximum absolute atomic E-state index is 13.1. The van der Waals surface area contributed by atoms with Crippen LogP contribution in [-0.4, -0.2) is 27.0 Å². The fraction of sp³-hybridized carbons (Fsp3) is 0.0526. The van der Waals surface area contributed by atoms with Gasteiger partial charge in [-0.25, -0.2) is 0 Å². The smallest absolute Gasteiger partial charge is 0.291 e. The average molecular weight is 471 g/mol. The molecule has 1 amide bonds. The first-order chi connectivity index (χ1) is 13.6. The molecular weight excluding hydrogens is 460 g/mol. The number of thiazole rings is 1. The summed E-state index contributed by atoms with van der Waals surface area (Å²) in [6, 6.07) is 9.42. The normalized spacial score (nSPS) is 15.5. The number of halogens is 1. The lowest BCUT2D eigenvalue weighted by molar-refractivity contribution is -0.112. The van der Waals surface area contributed by atoms with E-state index in [-0.39, 0.29) is 11.5 Å². The summed E-state index contributed by atoms with van der Waals surface area (Å²) in [5, 5.41) is 6.29. The van der Waals surface area contributed by atoms with Gasteiger partial charge in [0.2, 0.25) is 4.96 Å². The van der Waals surface area contributed by atoms with Crippen LogP contribution >= 0.6 is 38.6 Å². The van der Waals surface area contributed by atoms with Gasteiger partial charge < -0.3 is 4.90 Å². The fourth-order valence-corrected chi connectivity index (χ4v) is 5.24. The molecule has 0 unspecified atom stereocenters. The molecule has 5 rings (SSSR count). The van der Waals surface area contributed by atoms with Gasteiger partial charge in [0.15, 0.2) is 5.82 Å². The highest BCUT2D eigenvalue weighted by molar-refractivity contribution is 9.10. The van der Waals surface area contributed by atoms with Crippen molar-refractivity contribution in [2.45, 2.75) is 0 Å². The average Bonchev–Trinajstić information content (AvgIpc) is 3.42. The molecule has 3 aromatic heterocycles. The summed E-state index contributed by atoms with van der Waals surface area (Å²) in [7, 11) is 0. The second kappa shape index (κ2) is 6.47. The van der Waals surface area contributed by atoms with Crippen LogP contribution in [0.4, 0.5) is 5.69 Å². The molecule has 0 aliphatic carbocycles. The number of fused-ring (bicyclic) bond motifs is 2. The fourth-order valence-electron chi connectivity index (χ4n) is 3.23. The van der Waals surface area contributed by atoms with Crippen molar-refractivity contribution in [2.24, 2.45) is 0 Å². The highest BCUT2D eigenvalue weighted by Crippen LogP contribution is 2.37. The van der Waals surface area contributed by atoms with Crippen LogP contribution in [0.3, 0.4) is 0 Å². The molecular formula is C19H11BrN4O2S2. The van der Waals surface area contributed by atoms with E-state index >= 15 is 0 Å². The van der Waals surface area contributed by atoms with E-state index < -0.39 is 0 Å². The van der Waals surface area contributed by atoms with Gasteiger partial charge in [-0.15, -0.1) is 23.0 Å². The predicted molar refractivity (Wildman–Crippen MR) is 115 cm³/mol. The molecule has 4 heterocycles. The lowest BCUT2D eigenvalue weighted by Gasteiger charge is -2.14. The predicted octanol–water partition coefficient (Wildman–Crippen LogP) is 3.09. The topological polar surface area (TPSA) is 67.6 Å². The van der Waals surface area contributed by atoms with Gasteiger partial charge in [0.25, 0.3) is 11.5 Å². The number of rotatable bonds is 3. The molecule has 9 heteroatoms. The first-order valence-electron chi connectivity index (χ1n) is 8.29. The van der Waals surface area contributed by atoms with Gasteiger partial charge in [-0.1, -0.05) is 39.4 Å². The van der Waals surface area contributed by atoms with Crippen LogP contribution in [0.2, 0.25) is 0 Å². The number of nitrogens with zero attached hydrogens (tertiary/aromatic N) is 4. The molecule has 0 saturated heterocycles. The number of carbonyl (C=O) groups is 1. The molecule has 0 bridgehead atoms. The van der Waals surface area contributed by atoms with Crippen molar-refractivity contribution in [3.05, 3.63) is 73.3 Å². The third-order valence-electron chi connectivity index (χ3n) is 4.42.